The van der Waals surface area contributed by atoms with Crippen LogP contribution in [-0.2, 0) is 6.18 Å². The number of thiazole rings is 1. The summed E-state index contributed by atoms with van der Waals surface area (Å²) in [6.07, 6.45) is -4.48. The summed E-state index contributed by atoms with van der Waals surface area (Å²) in [5.74, 6) is -0.697. The van der Waals surface area contributed by atoms with Crippen LogP contribution >= 0.6 is 11.3 Å². The van der Waals surface area contributed by atoms with E-state index in [-0.39, 0.29) is 10.8 Å². The number of hydrogen-bond donors (Lipinski definition) is 3. The Hall–Kier alpha value is -2.62. The zero-order chi connectivity index (χ0) is 15.9. The number of nitrogens with two attached hydrogens (primary N) is 1. The Morgan fingerprint density at radius 1 is 1.36 bits per heavy atom. The number of H-pyrrole nitrogens is 1. The Bertz CT molecular complexity index is 854. The third-order valence-corrected chi connectivity index (χ3v) is 3.60. The third-order valence-electron chi connectivity index (χ3n) is 2.84. The largest absolute Gasteiger partial charge is 0.434 e. The van der Waals surface area contributed by atoms with Crippen LogP contribution in [0.2, 0.25) is 0 Å². The zero-order valence-electron chi connectivity index (χ0n) is 10.7. The second-order valence-corrected chi connectivity index (χ2v) is 5.22. The molecule has 1 amide bonds. The van der Waals surface area contributed by atoms with Gasteiger partial charge in [-0.3, -0.25) is 9.89 Å². The molecule has 0 atom stereocenters. The number of aromatic nitrogens is 3. The molecule has 4 N–H and O–H groups in total. The Labute approximate surface area is 125 Å². The SMILES string of the molecule is NC(=O)c1n[nH]c2ccc(Nc3nc(C(F)(F)F)cs3)cc12. The van der Waals surface area contributed by atoms with E-state index in [2.05, 4.69) is 20.5 Å². The molecule has 0 aliphatic carbocycles. The van der Waals surface area contributed by atoms with Crippen molar-refractivity contribution >= 4 is 39.0 Å². The van der Waals surface area contributed by atoms with Crippen molar-refractivity contribution in [2.75, 3.05) is 5.32 Å². The van der Waals surface area contributed by atoms with Gasteiger partial charge in [0.05, 0.1) is 5.52 Å². The fraction of sp³-hybridized carbons (Fsp3) is 0.0833. The summed E-state index contributed by atoms with van der Waals surface area (Å²) in [6.45, 7) is 0. The van der Waals surface area contributed by atoms with Crippen molar-refractivity contribution in [2.24, 2.45) is 5.73 Å². The first-order valence-electron chi connectivity index (χ1n) is 5.92. The van der Waals surface area contributed by atoms with Crippen LogP contribution in [0.25, 0.3) is 10.9 Å². The van der Waals surface area contributed by atoms with Crippen LogP contribution < -0.4 is 11.1 Å². The van der Waals surface area contributed by atoms with Gasteiger partial charge < -0.3 is 11.1 Å². The molecule has 10 heteroatoms. The molecule has 0 radical (unpaired) electrons. The summed E-state index contributed by atoms with van der Waals surface area (Å²) in [5.41, 5.74) is 5.37. The van der Waals surface area contributed by atoms with E-state index < -0.39 is 17.8 Å². The van der Waals surface area contributed by atoms with Crippen molar-refractivity contribution in [3.05, 3.63) is 35.0 Å². The van der Waals surface area contributed by atoms with Crippen molar-refractivity contribution in [3.8, 4) is 0 Å². The number of amides is 1. The predicted molar refractivity (Wildman–Crippen MR) is 75.0 cm³/mol. The fourth-order valence-corrected chi connectivity index (χ4v) is 2.60. The highest BCUT2D eigenvalue weighted by atomic mass is 32.1. The first-order valence-corrected chi connectivity index (χ1v) is 6.80. The second kappa shape index (κ2) is 4.98. The van der Waals surface area contributed by atoms with E-state index in [0.717, 1.165) is 16.7 Å². The van der Waals surface area contributed by atoms with E-state index in [4.69, 9.17) is 5.73 Å². The van der Waals surface area contributed by atoms with Gasteiger partial charge >= 0.3 is 6.18 Å². The summed E-state index contributed by atoms with van der Waals surface area (Å²) < 4.78 is 37.5. The molecule has 2 aromatic heterocycles. The molecule has 3 rings (SSSR count). The van der Waals surface area contributed by atoms with Gasteiger partial charge in [-0.2, -0.15) is 18.3 Å². The number of anilines is 2. The lowest BCUT2D eigenvalue weighted by Gasteiger charge is -2.03. The molecular formula is C12H8F3N5OS. The lowest BCUT2D eigenvalue weighted by atomic mass is 10.2. The van der Waals surface area contributed by atoms with Gasteiger partial charge in [0.15, 0.2) is 16.5 Å². The molecule has 0 spiro atoms. The van der Waals surface area contributed by atoms with E-state index >= 15 is 0 Å². The van der Waals surface area contributed by atoms with Gasteiger partial charge in [-0.1, -0.05) is 0 Å². The first kappa shape index (κ1) is 14.3. The Morgan fingerprint density at radius 2 is 2.14 bits per heavy atom. The van der Waals surface area contributed by atoms with E-state index in [1.165, 1.54) is 0 Å². The molecule has 6 nitrogen and oxygen atoms in total. The van der Waals surface area contributed by atoms with Gasteiger partial charge in [-0.25, -0.2) is 4.98 Å². The van der Waals surface area contributed by atoms with Crippen LogP contribution in [0.15, 0.2) is 23.6 Å². The number of carbonyl (C=O) groups excluding carboxylic acids is 1. The van der Waals surface area contributed by atoms with Gasteiger partial charge in [-0.15, -0.1) is 11.3 Å². The molecule has 0 bridgehead atoms. The third kappa shape index (κ3) is 2.60. The minimum absolute atomic E-state index is 0.0637. The molecule has 114 valence electrons. The highest BCUT2D eigenvalue weighted by molar-refractivity contribution is 7.13. The summed E-state index contributed by atoms with van der Waals surface area (Å²) in [5, 5.41) is 10.7. The van der Waals surface area contributed by atoms with Crippen molar-refractivity contribution in [1.29, 1.82) is 0 Å². The minimum atomic E-state index is -4.48. The number of benzene rings is 1. The van der Waals surface area contributed by atoms with E-state index in [0.29, 0.717) is 16.6 Å². The molecule has 22 heavy (non-hydrogen) atoms. The van der Waals surface area contributed by atoms with Crippen LogP contribution in [0.4, 0.5) is 24.0 Å². The van der Waals surface area contributed by atoms with Gasteiger partial charge in [0.2, 0.25) is 0 Å². The maximum atomic E-state index is 12.5. The van der Waals surface area contributed by atoms with Crippen molar-refractivity contribution in [2.45, 2.75) is 6.18 Å². The lowest BCUT2D eigenvalue weighted by Crippen LogP contribution is -2.11. The number of fused-ring (bicyclic) bond motifs is 1. The average molecular weight is 327 g/mol. The summed E-state index contributed by atoms with van der Waals surface area (Å²) in [6, 6.07) is 4.82. The molecule has 0 saturated carbocycles. The number of alkyl halides is 3. The number of halogens is 3. The Balaban J connectivity index is 1.92. The normalized spacial score (nSPS) is 11.8. The quantitative estimate of drug-likeness (QED) is 0.689. The van der Waals surface area contributed by atoms with Gasteiger partial charge in [-0.05, 0) is 18.2 Å². The summed E-state index contributed by atoms with van der Waals surface area (Å²) >= 11 is 0.832. The first-order chi connectivity index (χ1) is 10.3. The van der Waals surface area contributed by atoms with Gasteiger partial charge in [0.1, 0.15) is 0 Å². The number of hydrogen-bond acceptors (Lipinski definition) is 5. The number of aromatic amines is 1. The molecule has 1 aromatic carbocycles. The monoisotopic (exact) mass is 327 g/mol. The van der Waals surface area contributed by atoms with Crippen LogP contribution in [0.1, 0.15) is 16.2 Å². The smallest absolute Gasteiger partial charge is 0.364 e. The van der Waals surface area contributed by atoms with Gasteiger partial charge in [0.25, 0.3) is 5.91 Å². The molecule has 0 unspecified atom stereocenters. The molecule has 0 fully saturated rings. The molecular weight excluding hydrogens is 319 g/mol. The molecule has 0 aliphatic heterocycles. The summed E-state index contributed by atoms with van der Waals surface area (Å²) in [4.78, 5) is 14.7. The second-order valence-electron chi connectivity index (χ2n) is 4.36. The van der Waals surface area contributed by atoms with E-state index in [9.17, 15) is 18.0 Å². The molecule has 0 aliphatic rings. The Kier molecular flexibility index (Phi) is 3.24. The number of nitrogens with zero attached hydrogens (tertiary/aromatic N) is 2. The van der Waals surface area contributed by atoms with Crippen LogP contribution in [0, 0.1) is 0 Å². The van der Waals surface area contributed by atoms with E-state index in [1.54, 1.807) is 18.2 Å². The number of carbonyl (C=O) groups is 1. The minimum Gasteiger partial charge on any atom is -0.364 e. The fourth-order valence-electron chi connectivity index (χ4n) is 1.86. The van der Waals surface area contributed by atoms with Crippen LogP contribution in [0.5, 0.6) is 0 Å². The maximum absolute atomic E-state index is 12.5. The number of nitrogens with one attached hydrogen (secondary N) is 2. The Morgan fingerprint density at radius 3 is 2.77 bits per heavy atom. The molecule has 0 saturated heterocycles. The van der Waals surface area contributed by atoms with Gasteiger partial charge in [0, 0.05) is 16.5 Å². The highest BCUT2D eigenvalue weighted by Crippen LogP contribution is 2.33. The maximum Gasteiger partial charge on any atom is 0.434 e. The lowest BCUT2D eigenvalue weighted by molar-refractivity contribution is -0.140. The summed E-state index contributed by atoms with van der Waals surface area (Å²) in [7, 11) is 0. The van der Waals surface area contributed by atoms with Crippen molar-refractivity contribution in [3.63, 3.8) is 0 Å². The van der Waals surface area contributed by atoms with Crippen molar-refractivity contribution in [1.82, 2.24) is 15.2 Å². The van der Waals surface area contributed by atoms with Crippen molar-refractivity contribution < 1.29 is 18.0 Å². The molecule has 3 aromatic rings. The topological polar surface area (TPSA) is 96.7 Å². The number of primary amides is 1. The van der Waals surface area contributed by atoms with Crippen LogP contribution in [-0.4, -0.2) is 21.1 Å². The van der Waals surface area contributed by atoms with E-state index in [1.807, 2.05) is 0 Å². The standard InChI is InChI=1S/C12H8F3N5OS/c13-12(14,15)8-4-22-11(18-8)17-5-1-2-7-6(3-5)9(10(16)21)20-19-7/h1-4H,(H2,16,21)(H,17,18)(H,19,20). The molecule has 2 heterocycles. The van der Waals surface area contributed by atoms with Crippen LogP contribution in [0.3, 0.4) is 0 Å². The average Bonchev–Trinajstić information content (AvgIpc) is 3.04. The predicted octanol–water partition coefficient (Wildman–Crippen LogP) is 2.88. The highest BCUT2D eigenvalue weighted by Gasteiger charge is 2.33. The number of rotatable bonds is 3. The zero-order valence-corrected chi connectivity index (χ0v) is 11.5.